The number of ether oxygens (including phenoxy) is 1. The number of allylic oxidation sites excluding steroid dienone is 1. The van der Waals surface area contributed by atoms with Crippen LogP contribution in [0.25, 0.3) is 0 Å². The van der Waals surface area contributed by atoms with Crippen LogP contribution in [0, 0.1) is 11.3 Å². The Kier molecular flexibility index (Phi) is 7.72. The van der Waals surface area contributed by atoms with Crippen LogP contribution in [-0.4, -0.2) is 59.0 Å². The standard InChI is InChI=1S/C30H31F3N6O3/c1-19-25(27(40)42-3)26(24-11-10-20(18-34)16-21(24)12-15-39(2)13-5-4-6-14-39)38-28(35-36-29(38)41)37(19)23-9-7-8-22(17-23)30(31,32)33/h7-11,16-17,26H,4-6,12-15H2,1-3H3/p+1/t26-/m1/s1. The normalized spacial score (nSPS) is 18.4. The van der Waals surface area contributed by atoms with Crippen molar-refractivity contribution in [1.82, 2.24) is 14.8 Å². The lowest BCUT2D eigenvalue weighted by molar-refractivity contribution is -0.913. The summed E-state index contributed by atoms with van der Waals surface area (Å²) in [5, 5.41) is 16.3. The van der Waals surface area contributed by atoms with E-state index in [0.717, 1.165) is 54.7 Å². The molecule has 0 amide bonds. The Balaban J connectivity index is 1.69. The van der Waals surface area contributed by atoms with E-state index in [0.29, 0.717) is 17.5 Å². The third kappa shape index (κ3) is 5.32. The number of carbonyl (C=O) groups excluding carboxylic acids is 1. The monoisotopic (exact) mass is 581 g/mol. The number of nitrogens with zero attached hydrogens (tertiary/aromatic N) is 5. The van der Waals surface area contributed by atoms with E-state index in [1.165, 1.54) is 35.1 Å². The number of nitriles is 1. The van der Waals surface area contributed by atoms with Gasteiger partial charge in [0, 0.05) is 17.8 Å². The Hall–Kier alpha value is -4.37. The molecule has 12 heteroatoms. The van der Waals surface area contributed by atoms with E-state index in [4.69, 9.17) is 4.74 Å². The number of quaternary nitrogens is 1. The number of nitrogens with one attached hydrogen (secondary N) is 1. The van der Waals surface area contributed by atoms with Crippen molar-refractivity contribution in [2.24, 2.45) is 0 Å². The van der Waals surface area contributed by atoms with Gasteiger partial charge in [0.25, 0.3) is 0 Å². The number of hydrogen-bond donors (Lipinski definition) is 1. The van der Waals surface area contributed by atoms with Crippen molar-refractivity contribution >= 4 is 17.6 Å². The lowest BCUT2D eigenvalue weighted by Crippen LogP contribution is -2.49. The van der Waals surface area contributed by atoms with E-state index in [1.807, 2.05) is 0 Å². The van der Waals surface area contributed by atoms with Crippen molar-refractivity contribution in [3.63, 3.8) is 0 Å². The molecule has 1 atom stereocenters. The smallest absolute Gasteiger partial charge is 0.416 e. The van der Waals surface area contributed by atoms with Crippen molar-refractivity contribution in [3.05, 3.63) is 86.5 Å². The predicted octanol–water partition coefficient (Wildman–Crippen LogP) is 4.82. The third-order valence-corrected chi connectivity index (χ3v) is 8.36. The van der Waals surface area contributed by atoms with Crippen LogP contribution in [0.1, 0.15) is 54.5 Å². The summed E-state index contributed by atoms with van der Waals surface area (Å²) < 4.78 is 48.1. The van der Waals surface area contributed by atoms with Gasteiger partial charge in [-0.15, -0.1) is 5.10 Å². The number of carbonyl (C=O) groups is 1. The van der Waals surface area contributed by atoms with Gasteiger partial charge in [-0.2, -0.15) is 18.4 Å². The van der Waals surface area contributed by atoms with Gasteiger partial charge in [-0.1, -0.05) is 12.1 Å². The number of piperidine rings is 1. The van der Waals surface area contributed by atoms with Crippen LogP contribution in [-0.2, 0) is 22.1 Å². The lowest BCUT2D eigenvalue weighted by Gasteiger charge is -2.38. The minimum atomic E-state index is -4.60. The molecule has 3 heterocycles. The highest BCUT2D eigenvalue weighted by molar-refractivity contribution is 5.93. The second-order valence-corrected chi connectivity index (χ2v) is 11.1. The maximum absolute atomic E-state index is 13.6. The number of hydrogen-bond acceptors (Lipinski definition) is 6. The number of rotatable bonds is 6. The molecule has 2 aliphatic rings. The Bertz CT molecular complexity index is 1640. The molecule has 0 radical (unpaired) electrons. The van der Waals surface area contributed by atoms with Crippen molar-refractivity contribution in [2.45, 2.75) is 44.8 Å². The van der Waals surface area contributed by atoms with Crippen LogP contribution in [0.5, 0.6) is 0 Å². The van der Waals surface area contributed by atoms with Gasteiger partial charge in [0.1, 0.15) is 6.04 Å². The molecule has 0 spiro atoms. The summed E-state index contributed by atoms with van der Waals surface area (Å²) in [7, 11) is 3.42. The van der Waals surface area contributed by atoms with Gasteiger partial charge in [0.15, 0.2) is 0 Å². The first-order chi connectivity index (χ1) is 20.0. The van der Waals surface area contributed by atoms with Crippen LogP contribution in [0.15, 0.2) is 58.5 Å². The van der Waals surface area contributed by atoms with Crippen molar-refractivity contribution in [2.75, 3.05) is 38.7 Å². The number of aromatic nitrogens is 3. The summed E-state index contributed by atoms with van der Waals surface area (Å²) >= 11 is 0. The number of anilines is 2. The molecule has 2 aliphatic heterocycles. The molecule has 0 unspecified atom stereocenters. The van der Waals surface area contributed by atoms with E-state index in [1.54, 1.807) is 25.1 Å². The fraction of sp³-hybridized carbons (Fsp3) is 0.400. The Morgan fingerprint density at radius 1 is 1.19 bits per heavy atom. The number of esters is 1. The predicted molar refractivity (Wildman–Crippen MR) is 149 cm³/mol. The maximum Gasteiger partial charge on any atom is 0.416 e. The summed E-state index contributed by atoms with van der Waals surface area (Å²) in [5.41, 5.74) is 0.740. The van der Waals surface area contributed by atoms with Crippen molar-refractivity contribution < 1.29 is 27.2 Å². The zero-order valence-electron chi connectivity index (χ0n) is 23.7. The van der Waals surface area contributed by atoms with Gasteiger partial charge < -0.3 is 9.22 Å². The fourth-order valence-corrected chi connectivity index (χ4v) is 6.13. The van der Waals surface area contributed by atoms with Gasteiger partial charge >= 0.3 is 17.8 Å². The molecule has 220 valence electrons. The molecule has 1 aromatic heterocycles. The number of fused-ring (bicyclic) bond motifs is 1. The lowest BCUT2D eigenvalue weighted by atomic mass is 9.88. The summed E-state index contributed by atoms with van der Waals surface area (Å²) in [6.45, 7) is 4.47. The topological polar surface area (TPSA) is 104 Å². The molecule has 0 saturated carbocycles. The molecule has 5 rings (SSSR count). The van der Waals surface area contributed by atoms with Crippen LogP contribution in [0.4, 0.5) is 24.8 Å². The quantitative estimate of drug-likeness (QED) is 0.331. The number of likely N-dealkylation sites (tertiary alicyclic amines) is 1. The van der Waals surface area contributed by atoms with E-state index in [9.17, 15) is 28.0 Å². The highest BCUT2D eigenvalue weighted by Crippen LogP contribution is 2.43. The molecule has 3 aromatic rings. The number of aromatic amines is 1. The van der Waals surface area contributed by atoms with Crippen LogP contribution in [0.3, 0.4) is 0 Å². The second kappa shape index (κ2) is 11.1. The number of methoxy groups -OCH3 is 1. The maximum atomic E-state index is 13.6. The van der Waals surface area contributed by atoms with Gasteiger partial charge in [0.05, 0.1) is 56.6 Å². The highest BCUT2D eigenvalue weighted by Gasteiger charge is 2.41. The largest absolute Gasteiger partial charge is 0.466 e. The van der Waals surface area contributed by atoms with E-state index >= 15 is 0 Å². The Labute approximate surface area is 241 Å². The molecule has 9 nitrogen and oxygen atoms in total. The molecule has 2 aromatic carbocycles. The molecular weight excluding hydrogens is 549 g/mol. The molecule has 42 heavy (non-hydrogen) atoms. The molecule has 1 saturated heterocycles. The highest BCUT2D eigenvalue weighted by atomic mass is 19.4. The Morgan fingerprint density at radius 3 is 2.60 bits per heavy atom. The molecule has 1 fully saturated rings. The average Bonchev–Trinajstić information content (AvgIpc) is 3.35. The Morgan fingerprint density at radius 2 is 1.93 bits per heavy atom. The van der Waals surface area contributed by atoms with Crippen molar-refractivity contribution in [3.8, 4) is 6.07 Å². The molecule has 0 aliphatic carbocycles. The van der Waals surface area contributed by atoms with Gasteiger partial charge in [-0.3, -0.25) is 4.90 Å². The molecule has 0 bridgehead atoms. The minimum Gasteiger partial charge on any atom is -0.466 e. The van der Waals surface area contributed by atoms with Crippen LogP contribution in [0.2, 0.25) is 0 Å². The summed E-state index contributed by atoms with van der Waals surface area (Å²) in [5.74, 6) is -0.710. The van der Waals surface area contributed by atoms with Gasteiger partial charge in [-0.05, 0) is 67.6 Å². The zero-order valence-corrected chi connectivity index (χ0v) is 23.7. The first-order valence-electron chi connectivity index (χ1n) is 13.8. The van der Waals surface area contributed by atoms with Crippen LogP contribution >= 0.6 is 0 Å². The number of likely N-dealkylation sites (N-methyl/N-ethyl adjacent to an activating group) is 1. The summed E-state index contributed by atoms with van der Waals surface area (Å²) in [6.07, 6.45) is -0.542. The van der Waals surface area contributed by atoms with Crippen LogP contribution < -0.4 is 10.6 Å². The second-order valence-electron chi connectivity index (χ2n) is 11.1. The number of alkyl halides is 3. The van der Waals surface area contributed by atoms with Crippen molar-refractivity contribution in [1.29, 1.82) is 5.26 Å². The van der Waals surface area contributed by atoms with E-state index in [-0.39, 0.29) is 22.9 Å². The third-order valence-electron chi connectivity index (χ3n) is 8.36. The summed E-state index contributed by atoms with van der Waals surface area (Å²) in [4.78, 5) is 28.1. The minimum absolute atomic E-state index is 0.0276. The summed E-state index contributed by atoms with van der Waals surface area (Å²) in [6, 6.07) is 10.9. The molecule has 1 N–H and O–H groups in total. The van der Waals surface area contributed by atoms with E-state index < -0.39 is 29.4 Å². The average molecular weight is 582 g/mol. The van der Waals surface area contributed by atoms with E-state index in [2.05, 4.69) is 23.3 Å². The molecular formula is C30H32F3N6O3+. The van der Waals surface area contributed by atoms with Gasteiger partial charge in [-0.25, -0.2) is 19.3 Å². The number of benzene rings is 2. The first-order valence-corrected chi connectivity index (χ1v) is 13.8. The first kappa shape index (κ1) is 29.1. The number of H-pyrrole nitrogens is 1. The van der Waals surface area contributed by atoms with Gasteiger partial charge in [0.2, 0.25) is 5.95 Å². The number of halogens is 3. The zero-order chi connectivity index (χ0) is 30.2. The SMILES string of the molecule is COC(=O)C1=C(C)N(c2cccc(C(F)(F)F)c2)c2n[nH]c(=O)n2[C@@H]1c1ccc(C#N)cc1CC[N+]1(C)CCCCC1. The fourth-order valence-electron chi connectivity index (χ4n) is 6.13.